The highest BCUT2D eigenvalue weighted by Crippen LogP contribution is 2.44. The smallest absolute Gasteiger partial charge is 0.412 e. The van der Waals surface area contributed by atoms with E-state index in [0.29, 0.717) is 12.8 Å². The first-order valence-corrected chi connectivity index (χ1v) is 11.0. The number of nitrogens with one attached hydrogen (secondary N) is 1. The number of nitrogens with zero attached hydrogens (tertiary/aromatic N) is 3. The second-order valence-electron chi connectivity index (χ2n) is 8.69. The van der Waals surface area contributed by atoms with Crippen molar-refractivity contribution in [2.24, 2.45) is 7.05 Å². The van der Waals surface area contributed by atoms with Crippen molar-refractivity contribution in [3.63, 3.8) is 0 Å². The summed E-state index contributed by atoms with van der Waals surface area (Å²) in [5, 5.41) is 16.2. The molecule has 2 amide bonds. The predicted molar refractivity (Wildman–Crippen MR) is 124 cm³/mol. The lowest BCUT2D eigenvalue weighted by atomic mass is 9.98. The quantitative estimate of drug-likeness (QED) is 0.582. The van der Waals surface area contributed by atoms with Gasteiger partial charge in [0.15, 0.2) is 5.69 Å². The maximum absolute atomic E-state index is 12.8. The number of fused-ring (bicyclic) bond motifs is 3. The molecular weight excluding hydrogens is 436 g/mol. The Balaban J connectivity index is 1.26. The number of carboxylic acid groups (broad SMARTS) is 1. The maximum Gasteiger partial charge on any atom is 0.412 e. The summed E-state index contributed by atoms with van der Waals surface area (Å²) in [6, 6.07) is 17.6. The standard InChI is InChI=1S/C25H24N4O5/c1-28(25(11-12-25)23(31)32)22(30)20-13-21(29(2)27-20)26-24(33)34-14-19-17-9-5-3-7-15(17)16-8-4-6-10-18(16)19/h3-10,13,19H,11-12,14H2,1-2H3,(H,26,33)(H,31,32). The molecule has 3 aromatic rings. The van der Waals surface area contributed by atoms with E-state index in [9.17, 15) is 19.5 Å². The molecule has 34 heavy (non-hydrogen) atoms. The number of aliphatic carboxylic acids is 1. The summed E-state index contributed by atoms with van der Waals surface area (Å²) < 4.78 is 6.90. The van der Waals surface area contributed by atoms with Gasteiger partial charge in [-0.15, -0.1) is 0 Å². The summed E-state index contributed by atoms with van der Waals surface area (Å²) >= 11 is 0. The van der Waals surface area contributed by atoms with Crippen LogP contribution in [0.5, 0.6) is 0 Å². The van der Waals surface area contributed by atoms with E-state index >= 15 is 0 Å². The van der Waals surface area contributed by atoms with Crippen LogP contribution in [0.1, 0.15) is 40.4 Å². The van der Waals surface area contributed by atoms with Gasteiger partial charge in [-0.1, -0.05) is 48.5 Å². The third kappa shape index (κ3) is 3.49. The zero-order valence-corrected chi connectivity index (χ0v) is 18.8. The van der Waals surface area contributed by atoms with Gasteiger partial charge in [-0.05, 0) is 35.1 Å². The van der Waals surface area contributed by atoms with Crippen molar-refractivity contribution in [2.75, 3.05) is 19.0 Å². The van der Waals surface area contributed by atoms with Crippen molar-refractivity contribution in [3.8, 4) is 11.1 Å². The van der Waals surface area contributed by atoms with E-state index in [4.69, 9.17) is 4.74 Å². The summed E-state index contributed by atoms with van der Waals surface area (Å²) in [4.78, 5) is 38.1. The first-order chi connectivity index (χ1) is 16.3. The third-order valence-corrected chi connectivity index (χ3v) is 6.74. The van der Waals surface area contributed by atoms with Crippen LogP contribution in [0.15, 0.2) is 54.6 Å². The molecule has 0 spiro atoms. The Morgan fingerprint density at radius 3 is 2.26 bits per heavy atom. The van der Waals surface area contributed by atoms with Crippen molar-refractivity contribution in [3.05, 3.63) is 71.4 Å². The van der Waals surface area contributed by atoms with Crippen LogP contribution < -0.4 is 5.32 Å². The van der Waals surface area contributed by atoms with Crippen LogP contribution in [0.2, 0.25) is 0 Å². The van der Waals surface area contributed by atoms with Crippen LogP contribution in [0.25, 0.3) is 11.1 Å². The first kappa shape index (κ1) is 21.7. The van der Waals surface area contributed by atoms with Gasteiger partial charge < -0.3 is 14.7 Å². The summed E-state index contributed by atoms with van der Waals surface area (Å²) in [7, 11) is 3.04. The van der Waals surface area contributed by atoms with Crippen LogP contribution in [0.4, 0.5) is 10.6 Å². The van der Waals surface area contributed by atoms with Gasteiger partial charge in [-0.2, -0.15) is 5.10 Å². The minimum Gasteiger partial charge on any atom is -0.479 e. The lowest BCUT2D eigenvalue weighted by molar-refractivity contribution is -0.143. The molecule has 1 fully saturated rings. The van der Waals surface area contributed by atoms with E-state index in [0.717, 1.165) is 22.3 Å². The number of anilines is 1. The first-order valence-electron chi connectivity index (χ1n) is 11.0. The van der Waals surface area contributed by atoms with Crippen LogP contribution in [0.3, 0.4) is 0 Å². The second-order valence-corrected chi connectivity index (χ2v) is 8.69. The SMILES string of the molecule is CN(C(=O)c1cc(NC(=O)OCC2c3ccccc3-c3ccccc32)n(C)n1)C1(C(=O)O)CC1. The molecule has 5 rings (SSSR count). The van der Waals surface area contributed by atoms with Crippen molar-refractivity contribution in [1.29, 1.82) is 0 Å². The summed E-state index contributed by atoms with van der Waals surface area (Å²) in [6.45, 7) is 0.160. The van der Waals surface area contributed by atoms with E-state index in [2.05, 4.69) is 22.5 Å². The molecule has 2 aromatic carbocycles. The van der Waals surface area contributed by atoms with Gasteiger partial charge in [0.2, 0.25) is 0 Å². The zero-order valence-electron chi connectivity index (χ0n) is 18.8. The minimum absolute atomic E-state index is 0.0477. The van der Waals surface area contributed by atoms with Gasteiger partial charge in [0, 0.05) is 26.1 Å². The van der Waals surface area contributed by atoms with Crippen molar-refractivity contribution in [2.45, 2.75) is 24.3 Å². The fourth-order valence-electron chi connectivity index (χ4n) is 4.61. The Bertz CT molecular complexity index is 1260. The van der Waals surface area contributed by atoms with Crippen molar-refractivity contribution in [1.82, 2.24) is 14.7 Å². The number of hydrogen-bond donors (Lipinski definition) is 2. The monoisotopic (exact) mass is 460 g/mol. The number of aromatic nitrogens is 2. The van der Waals surface area contributed by atoms with E-state index in [1.165, 1.54) is 22.7 Å². The largest absolute Gasteiger partial charge is 0.479 e. The van der Waals surface area contributed by atoms with E-state index in [1.54, 1.807) is 7.05 Å². The fourth-order valence-corrected chi connectivity index (χ4v) is 4.61. The van der Waals surface area contributed by atoms with Gasteiger partial charge in [-0.25, -0.2) is 9.59 Å². The average Bonchev–Trinajstić information content (AvgIpc) is 3.49. The molecule has 0 aliphatic heterocycles. The fraction of sp³-hybridized carbons (Fsp3) is 0.280. The van der Waals surface area contributed by atoms with Crippen molar-refractivity contribution >= 4 is 23.8 Å². The molecule has 174 valence electrons. The third-order valence-electron chi connectivity index (χ3n) is 6.74. The highest BCUT2D eigenvalue weighted by Gasteiger charge is 2.56. The normalized spacial score (nSPS) is 15.2. The lowest BCUT2D eigenvalue weighted by Gasteiger charge is -2.23. The van der Waals surface area contributed by atoms with Gasteiger partial charge in [0.05, 0.1) is 0 Å². The summed E-state index contributed by atoms with van der Waals surface area (Å²) in [6.07, 6.45) is 0.145. The molecule has 9 heteroatoms. The van der Waals surface area contributed by atoms with Gasteiger partial charge >= 0.3 is 12.1 Å². The van der Waals surface area contributed by atoms with Crippen LogP contribution >= 0.6 is 0 Å². The molecule has 0 radical (unpaired) electrons. The lowest BCUT2D eigenvalue weighted by Crippen LogP contribution is -2.44. The van der Waals surface area contributed by atoms with Gasteiger partial charge in [0.1, 0.15) is 18.0 Å². The molecule has 1 heterocycles. The highest BCUT2D eigenvalue weighted by atomic mass is 16.5. The Morgan fingerprint density at radius 1 is 1.12 bits per heavy atom. The molecule has 0 saturated heterocycles. The molecule has 0 atom stereocenters. The number of carboxylic acids is 1. The number of benzene rings is 2. The minimum atomic E-state index is -1.17. The molecule has 0 bridgehead atoms. The molecule has 0 unspecified atom stereocenters. The van der Waals surface area contributed by atoms with Gasteiger partial charge in [0.25, 0.3) is 5.91 Å². The van der Waals surface area contributed by atoms with E-state index < -0.39 is 23.5 Å². The number of carbonyl (C=O) groups excluding carboxylic acids is 2. The second kappa shape index (κ2) is 8.02. The number of aryl methyl sites for hydroxylation is 1. The number of amides is 2. The van der Waals surface area contributed by atoms with Gasteiger partial charge in [-0.3, -0.25) is 14.8 Å². The Kier molecular flexibility index (Phi) is 5.11. The van der Waals surface area contributed by atoms with E-state index in [1.807, 2.05) is 36.4 Å². The Morgan fingerprint density at radius 2 is 1.71 bits per heavy atom. The average molecular weight is 460 g/mol. The molecule has 2 aliphatic rings. The number of rotatable bonds is 6. The topological polar surface area (TPSA) is 114 Å². The molecule has 9 nitrogen and oxygen atoms in total. The van der Waals surface area contributed by atoms with Crippen molar-refractivity contribution < 1.29 is 24.2 Å². The Labute approximate surface area is 195 Å². The maximum atomic E-state index is 12.8. The number of likely N-dealkylation sites (N-methyl/N-ethyl adjacent to an activating group) is 1. The van der Waals surface area contributed by atoms with Crippen LogP contribution in [0, 0.1) is 0 Å². The molecular formula is C25H24N4O5. The van der Waals surface area contributed by atoms with E-state index in [-0.39, 0.29) is 24.0 Å². The molecule has 1 saturated carbocycles. The summed E-state index contributed by atoms with van der Waals surface area (Å²) in [5.41, 5.74) is 3.38. The zero-order chi connectivity index (χ0) is 24.0. The molecule has 2 N–H and O–H groups in total. The molecule has 1 aromatic heterocycles. The van der Waals surface area contributed by atoms with Crippen LogP contribution in [-0.2, 0) is 16.6 Å². The highest BCUT2D eigenvalue weighted by molar-refractivity contribution is 5.98. The molecule has 2 aliphatic carbocycles. The predicted octanol–water partition coefficient (Wildman–Crippen LogP) is 3.47. The number of carbonyl (C=O) groups is 3. The Hall–Kier alpha value is -4.14. The van der Waals surface area contributed by atoms with Crippen LogP contribution in [-0.4, -0.2) is 57.0 Å². The summed E-state index contributed by atoms with van der Waals surface area (Å²) in [5.74, 6) is -1.34. The number of ether oxygens (including phenoxy) is 1. The number of hydrogen-bond acceptors (Lipinski definition) is 5.